The molecule has 1 unspecified atom stereocenters. The summed E-state index contributed by atoms with van der Waals surface area (Å²) in [5.41, 5.74) is 0. The van der Waals surface area contributed by atoms with Gasteiger partial charge >= 0.3 is 0 Å². The van der Waals surface area contributed by atoms with Crippen LogP contribution in [0.2, 0.25) is 0 Å². The van der Waals surface area contributed by atoms with E-state index in [-0.39, 0.29) is 11.5 Å². The molecule has 0 aliphatic carbocycles. The summed E-state index contributed by atoms with van der Waals surface area (Å²) in [7, 11) is -3.20. The van der Waals surface area contributed by atoms with Crippen LogP contribution in [-0.2, 0) is 9.84 Å². The average Bonchev–Trinajstić information content (AvgIpc) is 1.66. The third-order valence-electron chi connectivity index (χ3n) is 1.34. The highest BCUT2D eigenvalue weighted by Gasteiger charge is 2.57. The van der Waals surface area contributed by atoms with Gasteiger partial charge in [-0.25, -0.2) is 8.42 Å². The van der Waals surface area contributed by atoms with Crippen molar-refractivity contribution in [1.29, 1.82) is 0 Å². The monoisotopic (exact) mass is 300 g/mol. The first-order valence-electron chi connectivity index (χ1n) is 2.62. The van der Waals surface area contributed by atoms with E-state index in [0.29, 0.717) is 0 Å². The quantitative estimate of drug-likeness (QED) is 0.641. The van der Waals surface area contributed by atoms with E-state index in [1.54, 1.807) is 0 Å². The first-order valence-corrected chi connectivity index (χ1v) is 6.37. The highest BCUT2D eigenvalue weighted by atomic mass is 79.9. The summed E-state index contributed by atoms with van der Waals surface area (Å²) in [6, 6.07) is 0. The average molecular weight is 302 g/mol. The molecule has 11 heavy (non-hydrogen) atoms. The van der Waals surface area contributed by atoms with Crippen LogP contribution in [0.1, 0.15) is 0 Å². The number of rotatable bonds is 0. The molecule has 1 rings (SSSR count). The second kappa shape index (κ2) is 2.64. The van der Waals surface area contributed by atoms with Gasteiger partial charge < -0.3 is 0 Å². The summed E-state index contributed by atoms with van der Waals surface area (Å²) in [5, 5.41) is 0. The Balaban J connectivity index is 3.08. The Bertz CT molecular complexity index is 249. The van der Waals surface area contributed by atoms with Crippen LogP contribution < -0.4 is 0 Å². The molecular formula is C4H4BrCl3O2S. The fraction of sp³-hybridized carbons (Fsp3) is 1.00. The minimum absolute atomic E-state index is 0.242. The Morgan fingerprint density at radius 3 is 1.73 bits per heavy atom. The first-order chi connectivity index (χ1) is 4.66. The molecule has 1 atom stereocenters. The minimum atomic E-state index is -3.20. The van der Waals surface area contributed by atoms with Crippen molar-refractivity contribution in [3.8, 4) is 0 Å². The van der Waals surface area contributed by atoms with Crippen molar-refractivity contribution in [2.75, 3.05) is 11.5 Å². The minimum Gasteiger partial charge on any atom is -0.229 e. The predicted octanol–water partition coefficient (Wildman–Crippen LogP) is 1.92. The molecule has 1 aliphatic heterocycles. The second-order valence-electron chi connectivity index (χ2n) is 2.44. The molecule has 2 nitrogen and oxygen atoms in total. The third-order valence-corrected chi connectivity index (χ3v) is 6.91. The summed E-state index contributed by atoms with van der Waals surface area (Å²) in [6.45, 7) is 0. The van der Waals surface area contributed by atoms with Crippen LogP contribution in [-0.4, -0.2) is 28.0 Å². The normalized spacial score (nSPS) is 40.7. The zero-order valence-electron chi connectivity index (χ0n) is 5.15. The second-order valence-corrected chi connectivity index (χ2v) is 8.45. The van der Waals surface area contributed by atoms with Crippen LogP contribution in [0.5, 0.6) is 0 Å². The van der Waals surface area contributed by atoms with E-state index < -0.39 is 18.0 Å². The molecule has 0 amide bonds. The van der Waals surface area contributed by atoms with Gasteiger partial charge in [-0.15, -0.1) is 11.6 Å². The van der Waals surface area contributed by atoms with Crippen molar-refractivity contribution in [2.24, 2.45) is 0 Å². The molecule has 0 aromatic rings. The number of hydrogen-bond donors (Lipinski definition) is 0. The maximum Gasteiger partial charge on any atom is 0.161 e. The number of hydrogen-bond acceptors (Lipinski definition) is 2. The SMILES string of the molecule is O=S1(=O)CC(Cl)(Cl)C(Cl)(Br)C1. The van der Waals surface area contributed by atoms with Crippen LogP contribution in [0.25, 0.3) is 0 Å². The Morgan fingerprint density at radius 2 is 1.64 bits per heavy atom. The Labute approximate surface area is 88.2 Å². The third kappa shape index (κ3) is 1.97. The first kappa shape index (κ1) is 10.4. The van der Waals surface area contributed by atoms with Gasteiger partial charge in [0.25, 0.3) is 0 Å². The van der Waals surface area contributed by atoms with Crippen LogP contribution in [0, 0.1) is 0 Å². The van der Waals surface area contributed by atoms with Crippen molar-refractivity contribution in [2.45, 2.75) is 8.12 Å². The van der Waals surface area contributed by atoms with Crippen molar-refractivity contribution >= 4 is 60.6 Å². The fourth-order valence-electron chi connectivity index (χ4n) is 0.815. The van der Waals surface area contributed by atoms with Crippen molar-refractivity contribution in [1.82, 2.24) is 0 Å². The number of halogens is 4. The summed E-state index contributed by atoms with van der Waals surface area (Å²) < 4.78 is 19.3. The van der Waals surface area contributed by atoms with E-state index in [1.165, 1.54) is 0 Å². The summed E-state index contributed by atoms with van der Waals surface area (Å²) in [4.78, 5) is 0. The van der Waals surface area contributed by atoms with Gasteiger partial charge in [-0.1, -0.05) is 39.1 Å². The van der Waals surface area contributed by atoms with Gasteiger partial charge in [-0.2, -0.15) is 0 Å². The van der Waals surface area contributed by atoms with Crippen molar-refractivity contribution < 1.29 is 8.42 Å². The molecule has 0 saturated carbocycles. The lowest BCUT2D eigenvalue weighted by Crippen LogP contribution is -2.33. The van der Waals surface area contributed by atoms with Gasteiger partial charge in [0, 0.05) is 0 Å². The zero-order valence-corrected chi connectivity index (χ0v) is 9.82. The van der Waals surface area contributed by atoms with E-state index >= 15 is 0 Å². The lowest BCUT2D eigenvalue weighted by Gasteiger charge is -2.22. The van der Waals surface area contributed by atoms with E-state index in [9.17, 15) is 8.42 Å². The maximum absolute atomic E-state index is 11.0. The molecular weight excluding hydrogens is 298 g/mol. The van der Waals surface area contributed by atoms with Gasteiger partial charge in [0.1, 0.15) is 3.78 Å². The standard InChI is InChI=1S/C4H4BrCl3O2S/c5-3(6)1-11(9,10)2-4(3,7)8/h1-2H2. The molecule has 1 saturated heterocycles. The predicted molar refractivity (Wildman–Crippen MR) is 50.6 cm³/mol. The summed E-state index contributed by atoms with van der Waals surface area (Å²) >= 11 is 20.0. The molecule has 66 valence electrons. The lowest BCUT2D eigenvalue weighted by molar-refractivity contribution is 0.602. The highest BCUT2D eigenvalue weighted by molar-refractivity contribution is 9.10. The number of sulfone groups is 1. The van der Waals surface area contributed by atoms with E-state index in [1.807, 2.05) is 0 Å². The molecule has 0 aromatic heterocycles. The largest absolute Gasteiger partial charge is 0.229 e. The smallest absolute Gasteiger partial charge is 0.161 e. The zero-order chi connectivity index (χ0) is 8.91. The van der Waals surface area contributed by atoms with Crippen LogP contribution in [0.3, 0.4) is 0 Å². The molecule has 1 fully saturated rings. The lowest BCUT2D eigenvalue weighted by atomic mass is 10.3. The van der Waals surface area contributed by atoms with E-state index in [4.69, 9.17) is 34.8 Å². The maximum atomic E-state index is 11.0. The van der Waals surface area contributed by atoms with Crippen LogP contribution in [0.4, 0.5) is 0 Å². The van der Waals surface area contributed by atoms with Gasteiger partial charge in [-0.05, 0) is 0 Å². The van der Waals surface area contributed by atoms with Gasteiger partial charge in [0.05, 0.1) is 11.5 Å². The van der Waals surface area contributed by atoms with Gasteiger partial charge in [-0.3, -0.25) is 0 Å². The van der Waals surface area contributed by atoms with Crippen LogP contribution in [0.15, 0.2) is 0 Å². The van der Waals surface area contributed by atoms with Crippen LogP contribution >= 0.6 is 50.7 Å². The molecule has 1 aliphatic rings. The van der Waals surface area contributed by atoms with Crippen molar-refractivity contribution in [3.05, 3.63) is 0 Å². The van der Waals surface area contributed by atoms with Gasteiger partial charge in [0.15, 0.2) is 14.2 Å². The summed E-state index contributed by atoms with van der Waals surface area (Å²) in [5.74, 6) is -0.549. The Kier molecular flexibility index (Phi) is 2.49. The fourth-order valence-corrected chi connectivity index (χ4v) is 5.82. The topological polar surface area (TPSA) is 34.1 Å². The molecule has 0 N–H and O–H groups in total. The highest BCUT2D eigenvalue weighted by Crippen LogP contribution is 2.50. The molecule has 0 radical (unpaired) electrons. The van der Waals surface area contributed by atoms with Crippen molar-refractivity contribution in [3.63, 3.8) is 0 Å². The van der Waals surface area contributed by atoms with E-state index in [0.717, 1.165) is 0 Å². The molecule has 7 heteroatoms. The Morgan fingerprint density at radius 1 is 1.18 bits per heavy atom. The van der Waals surface area contributed by atoms with E-state index in [2.05, 4.69) is 15.9 Å². The summed E-state index contributed by atoms with van der Waals surface area (Å²) in [6.07, 6.45) is 0. The molecule has 0 aromatic carbocycles. The Hall–Kier alpha value is 1.30. The molecule has 0 spiro atoms. The van der Waals surface area contributed by atoms with Gasteiger partial charge in [0.2, 0.25) is 0 Å². The molecule has 0 bridgehead atoms. The molecule has 1 heterocycles. The number of alkyl halides is 4.